The minimum absolute atomic E-state index is 0.223. The number of urea groups is 1. The van der Waals surface area contributed by atoms with E-state index in [4.69, 9.17) is 4.74 Å². The minimum Gasteiger partial charge on any atom is -0.465 e. The number of ether oxygens (including phenoxy) is 1. The molecule has 8 heteroatoms. The zero-order valence-corrected chi connectivity index (χ0v) is 12.1. The fraction of sp³-hybridized carbons (Fsp3) is 0.667. The van der Waals surface area contributed by atoms with E-state index in [1.807, 2.05) is 0 Å². The van der Waals surface area contributed by atoms with Gasteiger partial charge in [0.25, 0.3) is 5.91 Å². The van der Waals surface area contributed by atoms with Crippen molar-refractivity contribution in [1.29, 1.82) is 0 Å². The van der Waals surface area contributed by atoms with E-state index >= 15 is 0 Å². The zero-order valence-electron chi connectivity index (χ0n) is 12.1. The molecule has 0 aromatic heterocycles. The highest BCUT2D eigenvalue weighted by Crippen LogP contribution is 2.16. The number of esters is 1. The van der Waals surface area contributed by atoms with Crippen LogP contribution in [0.1, 0.15) is 20.8 Å². The van der Waals surface area contributed by atoms with E-state index in [0.717, 1.165) is 9.80 Å². The molecule has 1 aliphatic heterocycles. The number of nitrogens with one attached hydrogen (secondary N) is 1. The van der Waals surface area contributed by atoms with E-state index in [1.54, 1.807) is 20.8 Å². The Labute approximate surface area is 117 Å². The van der Waals surface area contributed by atoms with Gasteiger partial charge in [0.1, 0.15) is 18.6 Å². The van der Waals surface area contributed by atoms with Crippen molar-refractivity contribution in [2.75, 3.05) is 26.7 Å². The molecule has 0 saturated carbocycles. The van der Waals surface area contributed by atoms with E-state index < -0.39 is 35.9 Å². The van der Waals surface area contributed by atoms with Gasteiger partial charge in [-0.1, -0.05) is 0 Å². The van der Waals surface area contributed by atoms with Gasteiger partial charge in [-0.3, -0.25) is 19.3 Å². The Morgan fingerprint density at radius 2 is 1.95 bits per heavy atom. The number of imide groups is 1. The van der Waals surface area contributed by atoms with Crippen LogP contribution >= 0.6 is 0 Å². The minimum atomic E-state index is -1.02. The third kappa shape index (κ3) is 3.46. The van der Waals surface area contributed by atoms with Crippen molar-refractivity contribution >= 4 is 23.8 Å². The van der Waals surface area contributed by atoms with E-state index in [9.17, 15) is 19.2 Å². The predicted octanol–water partition coefficient (Wildman–Crippen LogP) is -0.662. The second kappa shape index (κ2) is 5.89. The first-order valence-corrected chi connectivity index (χ1v) is 6.22. The van der Waals surface area contributed by atoms with Gasteiger partial charge >= 0.3 is 12.0 Å². The largest absolute Gasteiger partial charge is 0.465 e. The van der Waals surface area contributed by atoms with Crippen LogP contribution in [0.15, 0.2) is 0 Å². The molecule has 0 bridgehead atoms. The van der Waals surface area contributed by atoms with E-state index in [-0.39, 0.29) is 13.2 Å². The van der Waals surface area contributed by atoms with Gasteiger partial charge in [0.05, 0.1) is 6.61 Å². The average Bonchev–Trinajstić information content (AvgIpc) is 2.51. The Morgan fingerprint density at radius 1 is 1.35 bits per heavy atom. The summed E-state index contributed by atoms with van der Waals surface area (Å²) in [4.78, 5) is 48.6. The molecular formula is C12H19N3O5. The molecule has 4 amide bonds. The van der Waals surface area contributed by atoms with Crippen molar-refractivity contribution in [2.24, 2.45) is 0 Å². The average molecular weight is 285 g/mol. The molecule has 1 heterocycles. The molecule has 1 saturated heterocycles. The standard InChI is InChI=1S/C12H19N3O5/c1-5-20-9(17)7-14(4)8(16)6-15-10(18)12(2,3)13-11(15)19/h5-7H2,1-4H3,(H,13,19). The lowest BCUT2D eigenvalue weighted by Crippen LogP contribution is -2.44. The number of likely N-dealkylation sites (N-methyl/N-ethyl adjacent to an activating group) is 1. The van der Waals surface area contributed by atoms with Crippen LogP contribution in [0.2, 0.25) is 0 Å². The summed E-state index contributed by atoms with van der Waals surface area (Å²) in [6, 6.07) is -0.613. The van der Waals surface area contributed by atoms with Gasteiger partial charge in [-0.25, -0.2) is 4.79 Å². The molecule has 0 aliphatic carbocycles. The number of amides is 4. The molecule has 1 N–H and O–H groups in total. The Balaban J connectivity index is 2.60. The van der Waals surface area contributed by atoms with Crippen molar-refractivity contribution in [2.45, 2.75) is 26.3 Å². The summed E-state index contributed by atoms with van der Waals surface area (Å²) < 4.78 is 4.72. The van der Waals surface area contributed by atoms with Crippen molar-refractivity contribution in [3.8, 4) is 0 Å². The first-order valence-electron chi connectivity index (χ1n) is 6.22. The molecule has 8 nitrogen and oxygen atoms in total. The number of hydrogen-bond donors (Lipinski definition) is 1. The molecule has 0 radical (unpaired) electrons. The maximum Gasteiger partial charge on any atom is 0.325 e. The zero-order chi connectivity index (χ0) is 15.5. The fourth-order valence-electron chi connectivity index (χ4n) is 1.71. The highest BCUT2D eigenvalue weighted by atomic mass is 16.5. The molecule has 1 aliphatic rings. The highest BCUT2D eigenvalue weighted by molar-refractivity contribution is 6.08. The Bertz CT molecular complexity index is 446. The van der Waals surface area contributed by atoms with Crippen LogP contribution in [0, 0.1) is 0 Å². The van der Waals surface area contributed by atoms with E-state index in [0.29, 0.717) is 0 Å². The van der Waals surface area contributed by atoms with Gasteiger partial charge < -0.3 is 15.0 Å². The summed E-state index contributed by atoms with van der Waals surface area (Å²) in [6.07, 6.45) is 0. The predicted molar refractivity (Wildman–Crippen MR) is 68.6 cm³/mol. The van der Waals surface area contributed by atoms with Gasteiger partial charge in [-0.05, 0) is 20.8 Å². The molecule has 112 valence electrons. The summed E-state index contributed by atoms with van der Waals surface area (Å²) in [6.45, 7) is 4.38. The van der Waals surface area contributed by atoms with Crippen LogP contribution in [-0.2, 0) is 19.1 Å². The van der Waals surface area contributed by atoms with Crippen molar-refractivity contribution in [3.63, 3.8) is 0 Å². The lowest BCUT2D eigenvalue weighted by molar-refractivity contribution is -0.148. The fourth-order valence-corrected chi connectivity index (χ4v) is 1.71. The lowest BCUT2D eigenvalue weighted by atomic mass is 10.1. The summed E-state index contributed by atoms with van der Waals surface area (Å²) in [5, 5.41) is 2.47. The smallest absolute Gasteiger partial charge is 0.325 e. The Hall–Kier alpha value is -2.12. The van der Waals surface area contributed by atoms with Gasteiger partial charge in [0.15, 0.2) is 0 Å². The lowest BCUT2D eigenvalue weighted by Gasteiger charge is -2.20. The topological polar surface area (TPSA) is 96.0 Å². The molecule has 0 aromatic carbocycles. The quantitative estimate of drug-likeness (QED) is 0.534. The second-order valence-electron chi connectivity index (χ2n) is 5.00. The van der Waals surface area contributed by atoms with Gasteiger partial charge in [-0.2, -0.15) is 0 Å². The number of nitrogens with zero attached hydrogens (tertiary/aromatic N) is 2. The molecular weight excluding hydrogens is 266 g/mol. The van der Waals surface area contributed by atoms with Crippen molar-refractivity contribution < 1.29 is 23.9 Å². The molecule has 20 heavy (non-hydrogen) atoms. The van der Waals surface area contributed by atoms with Crippen LogP contribution in [0.25, 0.3) is 0 Å². The SMILES string of the molecule is CCOC(=O)CN(C)C(=O)CN1C(=O)NC(C)(C)C1=O. The molecule has 0 spiro atoms. The molecule has 1 fully saturated rings. The third-order valence-corrected chi connectivity index (χ3v) is 2.84. The molecule has 0 atom stereocenters. The summed E-state index contributed by atoms with van der Waals surface area (Å²) in [5.74, 6) is -1.53. The summed E-state index contributed by atoms with van der Waals surface area (Å²) in [7, 11) is 1.41. The Kier molecular flexibility index (Phi) is 4.69. The van der Waals surface area contributed by atoms with Crippen LogP contribution in [-0.4, -0.2) is 65.9 Å². The highest BCUT2D eigenvalue weighted by Gasteiger charge is 2.45. The van der Waals surface area contributed by atoms with Crippen molar-refractivity contribution in [3.05, 3.63) is 0 Å². The van der Waals surface area contributed by atoms with Gasteiger partial charge in [-0.15, -0.1) is 0 Å². The molecule has 0 unspecified atom stereocenters. The van der Waals surface area contributed by atoms with Gasteiger partial charge in [0.2, 0.25) is 5.91 Å². The molecule has 0 aromatic rings. The first-order chi connectivity index (χ1) is 9.19. The van der Waals surface area contributed by atoms with Crippen LogP contribution in [0.3, 0.4) is 0 Å². The Morgan fingerprint density at radius 3 is 2.40 bits per heavy atom. The normalized spacial score (nSPS) is 16.9. The van der Waals surface area contributed by atoms with E-state index in [1.165, 1.54) is 7.05 Å². The first kappa shape index (κ1) is 15.9. The molecule has 1 rings (SSSR count). The van der Waals surface area contributed by atoms with Crippen molar-refractivity contribution in [1.82, 2.24) is 15.1 Å². The van der Waals surface area contributed by atoms with Crippen LogP contribution in [0.4, 0.5) is 4.79 Å². The van der Waals surface area contributed by atoms with Crippen LogP contribution in [0.5, 0.6) is 0 Å². The number of carbonyl (C=O) groups excluding carboxylic acids is 4. The third-order valence-electron chi connectivity index (χ3n) is 2.84. The monoisotopic (exact) mass is 285 g/mol. The van der Waals surface area contributed by atoms with E-state index in [2.05, 4.69) is 5.32 Å². The maximum absolute atomic E-state index is 11.9. The van der Waals surface area contributed by atoms with Crippen LogP contribution < -0.4 is 5.32 Å². The second-order valence-corrected chi connectivity index (χ2v) is 5.00. The maximum atomic E-state index is 11.9. The number of hydrogen-bond acceptors (Lipinski definition) is 5. The number of carbonyl (C=O) groups is 4. The van der Waals surface area contributed by atoms with Gasteiger partial charge in [0, 0.05) is 7.05 Å². The number of rotatable bonds is 5. The summed E-state index contributed by atoms with van der Waals surface area (Å²) in [5.41, 5.74) is -1.02. The summed E-state index contributed by atoms with van der Waals surface area (Å²) >= 11 is 0.